The van der Waals surface area contributed by atoms with Gasteiger partial charge in [-0.3, -0.25) is 4.79 Å². The van der Waals surface area contributed by atoms with Crippen LogP contribution in [0.25, 0.3) is 0 Å². The third-order valence-corrected chi connectivity index (χ3v) is 20.9. The number of methoxy groups -OCH3 is 5. The Hall–Kier alpha value is -5.47. The number of hydrogen-bond acceptors (Lipinski definition) is 15. The Morgan fingerprint density at radius 1 is 0.411 bits per heavy atom. The van der Waals surface area contributed by atoms with Crippen LogP contribution >= 0.6 is 39.9 Å². The van der Waals surface area contributed by atoms with Gasteiger partial charge < -0.3 is 68.4 Å². The smallest absolute Gasteiger partial charge is 0.136 e. The van der Waals surface area contributed by atoms with E-state index in [9.17, 15) is 20.1 Å². The number of benzene rings is 6. The van der Waals surface area contributed by atoms with Gasteiger partial charge >= 0.3 is 0 Å². The monoisotopic (exact) mass is 1590 g/mol. The van der Waals surface area contributed by atoms with Crippen molar-refractivity contribution in [3.8, 4) is 34.5 Å². The Labute approximate surface area is 671 Å². The lowest BCUT2D eigenvalue weighted by atomic mass is 9.80. The van der Waals surface area contributed by atoms with E-state index in [-0.39, 0.29) is 35.0 Å². The molecule has 0 aliphatic carbocycles. The molecule has 0 radical (unpaired) electrons. The summed E-state index contributed by atoms with van der Waals surface area (Å²) in [4.78, 5) is 23.6. The molecule has 0 saturated carbocycles. The predicted molar refractivity (Wildman–Crippen MR) is 462 cm³/mol. The van der Waals surface area contributed by atoms with Crippen LogP contribution < -0.4 is 23.7 Å². The minimum absolute atomic E-state index is 0. The number of aromatic hydroxyl groups is 1. The first-order valence-corrected chi connectivity index (χ1v) is 39.2. The molecule has 6 rings (SSSR count). The number of alkyl halides is 1. The fourth-order valence-corrected chi connectivity index (χ4v) is 14.4. The highest BCUT2D eigenvalue weighted by Crippen LogP contribution is 2.42. The first-order chi connectivity index (χ1) is 49.8. The summed E-state index contributed by atoms with van der Waals surface area (Å²) in [5.74, 6) is 8.26. The van der Waals surface area contributed by atoms with Crippen molar-refractivity contribution in [2.24, 2.45) is 35.5 Å². The van der Waals surface area contributed by atoms with E-state index in [0.717, 1.165) is 102 Å². The van der Waals surface area contributed by atoms with Crippen LogP contribution in [0.1, 0.15) is 161 Å². The molecule has 11 atom stereocenters. The van der Waals surface area contributed by atoms with E-state index in [1.54, 1.807) is 41.6 Å². The second-order valence-corrected chi connectivity index (χ2v) is 31.6. The summed E-state index contributed by atoms with van der Waals surface area (Å²) in [7, 11) is 33.1. The van der Waals surface area contributed by atoms with Crippen LogP contribution in [0.2, 0.25) is 0 Å². The second kappa shape index (κ2) is 55.0. The van der Waals surface area contributed by atoms with Gasteiger partial charge in [-0.1, -0.05) is 166 Å². The number of ketones is 1. The number of carbonyl (C=O) groups is 1. The molecule has 6 aromatic carbocycles. The minimum atomic E-state index is -0.807. The van der Waals surface area contributed by atoms with E-state index in [4.69, 9.17) is 35.3 Å². The number of Topliss-reactive ketones (excluding diaryl/α,β-unsaturated/α-hetero) is 1. The van der Waals surface area contributed by atoms with Crippen molar-refractivity contribution in [3.63, 3.8) is 0 Å². The molecule has 18 heteroatoms. The standard InChI is InChI=1S/C15H24ClNO.2C15H25NO2.C15H25NO.C14H23NO.C8H17NO.C7H7BrO.ClH/c1-6-15(16,12(2)11-17(3)4)13-8-7-9-14(10-13)18-5;2*1-6-15(17,12(2)11-16(3)4)13-8-7-9-14(10-13)18-5;1-6-15(12(2)11-16(3)4)13-8-7-9-14(10-13)17-5;1-5-14(11(2)10-15(3)4)12-7-6-8-13(16)9-12;1-5-8(10)7(2)6-9(3)4;1-9-7-4-2-3-6(8)5-7;/h7-10,12H,6,11H2,1-5H3;2*7-10,12,17H,6,11H2,1-5H3;7-10,12,15H,6,11H2,1-5H3;6-9,11,14,16H,5,10H2,1-4H3;7H,5-6H2,1-4H3;2-5H,1H3;1H/t2*12-,15+;;12-,15+;11-,14+;;;/m00.00.../s1. The van der Waals surface area contributed by atoms with E-state index in [2.05, 4.69) is 168 Å². The molecule has 0 amide bonds. The van der Waals surface area contributed by atoms with Gasteiger partial charge in [0.05, 0.1) is 51.6 Å². The molecule has 0 aliphatic heterocycles. The molecule has 15 nitrogen and oxygen atoms in total. The molecule has 0 heterocycles. The lowest BCUT2D eigenvalue weighted by Crippen LogP contribution is -2.38. The lowest BCUT2D eigenvalue weighted by Gasteiger charge is -2.35. The number of halogens is 3. The average molecular weight is 1600 g/mol. The minimum Gasteiger partial charge on any atom is -0.508 e. The number of phenols is 1. The molecular formula is C89H147BrCl2N6O9. The van der Waals surface area contributed by atoms with Gasteiger partial charge in [-0.15, -0.1) is 24.0 Å². The van der Waals surface area contributed by atoms with Crippen molar-refractivity contribution < 1.29 is 43.8 Å². The van der Waals surface area contributed by atoms with Crippen LogP contribution in [0.15, 0.2) is 150 Å². The van der Waals surface area contributed by atoms with Gasteiger partial charge in [0, 0.05) is 67.9 Å². The normalized spacial score (nSPS) is 14.9. The van der Waals surface area contributed by atoms with Crippen molar-refractivity contribution in [3.05, 3.63) is 178 Å². The van der Waals surface area contributed by atoms with E-state index >= 15 is 0 Å². The van der Waals surface area contributed by atoms with E-state index in [1.807, 2.05) is 184 Å². The van der Waals surface area contributed by atoms with Crippen molar-refractivity contribution in [2.45, 2.75) is 150 Å². The lowest BCUT2D eigenvalue weighted by molar-refractivity contribution is -0.122. The summed E-state index contributed by atoms with van der Waals surface area (Å²) >= 11 is 10.2. The highest BCUT2D eigenvalue weighted by Gasteiger charge is 2.37. The van der Waals surface area contributed by atoms with Crippen LogP contribution in [0, 0.1) is 35.5 Å². The van der Waals surface area contributed by atoms with Crippen molar-refractivity contribution in [1.82, 2.24) is 29.4 Å². The van der Waals surface area contributed by atoms with Crippen LogP contribution in [0.5, 0.6) is 34.5 Å². The van der Waals surface area contributed by atoms with Crippen molar-refractivity contribution >= 4 is 45.7 Å². The summed E-state index contributed by atoms with van der Waals surface area (Å²) in [5.41, 5.74) is 4.02. The zero-order valence-corrected chi connectivity index (χ0v) is 74.8. The quantitative estimate of drug-likeness (QED) is 0.0330. The van der Waals surface area contributed by atoms with Gasteiger partial charge in [0.1, 0.15) is 40.3 Å². The molecule has 6 aromatic rings. The summed E-state index contributed by atoms with van der Waals surface area (Å²) in [6, 6.07) is 47.4. The highest BCUT2D eigenvalue weighted by atomic mass is 79.9. The molecule has 0 spiro atoms. The van der Waals surface area contributed by atoms with Crippen LogP contribution in [-0.4, -0.2) is 210 Å². The molecular weight excluding hydrogens is 1450 g/mol. The summed E-state index contributed by atoms with van der Waals surface area (Å²) in [5, 5.41) is 31.4. The van der Waals surface area contributed by atoms with Gasteiger partial charge in [-0.25, -0.2) is 0 Å². The van der Waals surface area contributed by atoms with Gasteiger partial charge in [-0.05, 0) is 253 Å². The van der Waals surface area contributed by atoms with Crippen LogP contribution in [0.4, 0.5) is 0 Å². The first-order valence-electron chi connectivity index (χ1n) is 38.0. The molecule has 0 fully saturated rings. The van der Waals surface area contributed by atoms with Crippen LogP contribution in [0.3, 0.4) is 0 Å². The fraction of sp³-hybridized carbons (Fsp3) is 0.584. The molecule has 608 valence electrons. The molecule has 0 aromatic heterocycles. The SMILES string of the molecule is CCC(=O)C(C)CN(C)C.CCC(O)(c1cccc(OC)c1)C(C)CN(C)C.CC[C@@H](c1cccc(O)c1)[C@@H](C)CN(C)C.CC[C@@H](c1cccc(OC)c1)[C@@H](C)CN(C)C.CC[C@](Cl)(c1cccc(OC)c1)[C@@H](C)CN(C)C.CC[C@](O)(c1cccc(OC)c1)[C@@H](C)CN(C)C.COc1cccc(Br)c1.Cl. The molecule has 107 heavy (non-hydrogen) atoms. The Kier molecular flexibility index (Phi) is 53.3. The summed E-state index contributed by atoms with van der Waals surface area (Å²) in [6.45, 7) is 31.2. The first kappa shape index (κ1) is 104. The number of carbonyl (C=O) groups excluding carboxylic acids is 1. The molecule has 3 N–H and O–H groups in total. The Bertz CT molecular complexity index is 3120. The van der Waals surface area contributed by atoms with E-state index in [1.165, 1.54) is 17.5 Å². The summed E-state index contributed by atoms with van der Waals surface area (Å²) < 4.78 is 27.1. The highest BCUT2D eigenvalue weighted by molar-refractivity contribution is 9.10. The number of phenolic OH excluding ortho intramolecular Hbond substituents is 1. The van der Waals surface area contributed by atoms with E-state index in [0.29, 0.717) is 60.4 Å². The topological polar surface area (TPSA) is 143 Å². The maximum Gasteiger partial charge on any atom is 0.136 e. The number of ether oxygens (including phenoxy) is 5. The largest absolute Gasteiger partial charge is 0.508 e. The second-order valence-electron chi connectivity index (χ2n) is 30.0. The van der Waals surface area contributed by atoms with Gasteiger partial charge in [0.25, 0.3) is 0 Å². The average Bonchev–Trinajstić information content (AvgIpc) is 0.818. The Balaban J connectivity index is 0. The zero-order chi connectivity index (χ0) is 81.1. The maximum absolute atomic E-state index is 11.0. The van der Waals surface area contributed by atoms with Gasteiger partial charge in [0.2, 0.25) is 0 Å². The number of rotatable bonds is 34. The third-order valence-electron chi connectivity index (χ3n) is 19.6. The molecule has 0 saturated heterocycles. The predicted octanol–water partition coefficient (Wildman–Crippen LogP) is 19.2. The Morgan fingerprint density at radius 3 is 1.03 bits per heavy atom. The fourth-order valence-electron chi connectivity index (χ4n) is 13.8. The van der Waals surface area contributed by atoms with Crippen molar-refractivity contribution in [2.75, 3.05) is 159 Å². The van der Waals surface area contributed by atoms with Gasteiger partial charge in [0.15, 0.2) is 0 Å². The molecule has 0 bridgehead atoms. The number of hydrogen-bond donors (Lipinski definition) is 3. The molecule has 3 unspecified atom stereocenters. The van der Waals surface area contributed by atoms with Crippen molar-refractivity contribution in [1.29, 1.82) is 0 Å². The van der Waals surface area contributed by atoms with Crippen LogP contribution in [-0.2, 0) is 20.9 Å². The molecule has 0 aliphatic rings. The third kappa shape index (κ3) is 38.3. The van der Waals surface area contributed by atoms with E-state index < -0.39 is 11.2 Å². The van der Waals surface area contributed by atoms with Gasteiger partial charge in [-0.2, -0.15) is 0 Å². The zero-order valence-electron chi connectivity index (χ0n) is 71.6. The Morgan fingerprint density at radius 2 is 0.720 bits per heavy atom. The summed E-state index contributed by atoms with van der Waals surface area (Å²) in [6.07, 6.45) is 5.22. The maximum atomic E-state index is 11.0. The number of aliphatic hydroxyl groups is 2. The number of nitrogens with zero attached hydrogens (tertiary/aromatic N) is 6.